The highest BCUT2D eigenvalue weighted by Crippen LogP contribution is 2.32. The zero-order valence-electron chi connectivity index (χ0n) is 10.3. The molecule has 0 bridgehead atoms. The van der Waals surface area contributed by atoms with Crippen molar-refractivity contribution >= 4 is 28.1 Å². The Labute approximate surface area is 116 Å². The van der Waals surface area contributed by atoms with Gasteiger partial charge in [-0.3, -0.25) is 4.90 Å². The van der Waals surface area contributed by atoms with Crippen molar-refractivity contribution in [1.29, 1.82) is 0 Å². The zero-order valence-corrected chi connectivity index (χ0v) is 11.9. The lowest BCUT2D eigenvalue weighted by Gasteiger charge is -2.34. The minimum absolute atomic E-state index is 0.0157. The second kappa shape index (κ2) is 5.33. The topological polar surface area (TPSA) is 39.6 Å². The van der Waals surface area contributed by atoms with E-state index in [1.807, 2.05) is 0 Å². The number of hydrogen-bond acceptors (Lipinski definition) is 5. The molecule has 2 heterocycles. The maximum Gasteiger partial charge on any atom is 0.187 e. The Morgan fingerprint density at radius 2 is 2.00 bits per heavy atom. The number of rotatable bonds is 4. The fourth-order valence-electron chi connectivity index (χ4n) is 2.34. The lowest BCUT2D eigenvalue weighted by atomic mass is 10.3. The molecule has 3 rings (SSSR count). The van der Waals surface area contributed by atoms with E-state index in [-0.39, 0.29) is 6.61 Å². The summed E-state index contributed by atoms with van der Waals surface area (Å²) in [6.45, 7) is 5.51. The first kappa shape index (κ1) is 12.7. The summed E-state index contributed by atoms with van der Waals surface area (Å²) in [5.41, 5.74) is 0. The van der Waals surface area contributed by atoms with Crippen LogP contribution in [0.25, 0.3) is 0 Å². The molecule has 2 fully saturated rings. The molecule has 1 aromatic heterocycles. The molecular formula is C12H18ClN3OS. The molecule has 1 saturated heterocycles. The average Bonchev–Trinajstić information content (AvgIpc) is 3.11. The van der Waals surface area contributed by atoms with Crippen molar-refractivity contribution in [1.82, 2.24) is 9.88 Å². The fourth-order valence-corrected chi connectivity index (χ4v) is 3.51. The third kappa shape index (κ3) is 2.79. The van der Waals surface area contributed by atoms with Crippen LogP contribution in [-0.4, -0.2) is 47.7 Å². The quantitative estimate of drug-likeness (QED) is 0.917. The molecule has 0 amide bonds. The Morgan fingerprint density at radius 1 is 1.28 bits per heavy atom. The lowest BCUT2D eigenvalue weighted by Crippen LogP contribution is -2.47. The summed E-state index contributed by atoms with van der Waals surface area (Å²) in [5, 5.41) is 10.5. The highest BCUT2D eigenvalue weighted by molar-refractivity contribution is 7.16. The molecule has 2 aliphatic rings. The normalized spacial score (nSPS) is 21.6. The molecule has 100 valence electrons. The van der Waals surface area contributed by atoms with Crippen LogP contribution in [0.4, 0.5) is 5.13 Å². The minimum atomic E-state index is -0.0157. The second-order valence-corrected chi connectivity index (χ2v) is 6.52. The SMILES string of the molecule is OCc1sc(N2CCN(CC3CC3)CC2)nc1Cl. The van der Waals surface area contributed by atoms with Gasteiger partial charge in [-0.15, -0.1) is 0 Å². The van der Waals surface area contributed by atoms with Crippen LogP contribution in [0.3, 0.4) is 0 Å². The van der Waals surface area contributed by atoms with Crippen LogP contribution in [0.1, 0.15) is 17.7 Å². The first-order chi connectivity index (χ1) is 8.76. The largest absolute Gasteiger partial charge is 0.391 e. The van der Waals surface area contributed by atoms with Crippen LogP contribution in [0, 0.1) is 5.92 Å². The van der Waals surface area contributed by atoms with E-state index in [0.717, 1.165) is 42.1 Å². The van der Waals surface area contributed by atoms with Crippen LogP contribution in [0.5, 0.6) is 0 Å². The molecule has 1 aromatic rings. The van der Waals surface area contributed by atoms with Gasteiger partial charge in [-0.2, -0.15) is 0 Å². The van der Waals surface area contributed by atoms with Crippen molar-refractivity contribution in [3.63, 3.8) is 0 Å². The molecule has 6 heteroatoms. The standard InChI is InChI=1S/C12H18ClN3OS/c13-11-10(8-17)18-12(14-11)16-5-3-15(4-6-16)7-9-1-2-9/h9,17H,1-8H2. The van der Waals surface area contributed by atoms with E-state index in [9.17, 15) is 0 Å². The molecule has 0 radical (unpaired) electrons. The Kier molecular flexibility index (Phi) is 3.75. The number of hydrogen-bond donors (Lipinski definition) is 1. The summed E-state index contributed by atoms with van der Waals surface area (Å²) in [5.74, 6) is 0.965. The third-order valence-corrected chi connectivity index (χ3v) is 5.16. The van der Waals surface area contributed by atoms with Gasteiger partial charge in [0, 0.05) is 32.7 Å². The summed E-state index contributed by atoms with van der Waals surface area (Å²) in [6.07, 6.45) is 2.84. The average molecular weight is 288 g/mol. The molecular weight excluding hydrogens is 270 g/mol. The smallest absolute Gasteiger partial charge is 0.187 e. The van der Waals surface area contributed by atoms with Crippen LogP contribution < -0.4 is 4.90 Å². The van der Waals surface area contributed by atoms with E-state index < -0.39 is 0 Å². The van der Waals surface area contributed by atoms with Gasteiger partial charge in [-0.25, -0.2) is 4.98 Å². The molecule has 1 saturated carbocycles. The van der Waals surface area contributed by atoms with E-state index in [1.165, 1.54) is 30.7 Å². The Morgan fingerprint density at radius 3 is 2.56 bits per heavy atom. The van der Waals surface area contributed by atoms with Gasteiger partial charge >= 0.3 is 0 Å². The van der Waals surface area contributed by atoms with Crippen molar-refractivity contribution in [2.24, 2.45) is 5.92 Å². The van der Waals surface area contributed by atoms with Crippen LogP contribution in [0.2, 0.25) is 5.15 Å². The molecule has 1 aliphatic carbocycles. The van der Waals surface area contributed by atoms with Crippen molar-refractivity contribution in [3.05, 3.63) is 10.0 Å². The number of anilines is 1. The molecule has 1 N–H and O–H groups in total. The maximum absolute atomic E-state index is 9.14. The van der Waals surface area contributed by atoms with E-state index >= 15 is 0 Å². The highest BCUT2D eigenvalue weighted by atomic mass is 35.5. The van der Waals surface area contributed by atoms with Gasteiger partial charge in [0.25, 0.3) is 0 Å². The third-order valence-electron chi connectivity index (χ3n) is 3.64. The lowest BCUT2D eigenvalue weighted by molar-refractivity contribution is 0.248. The van der Waals surface area contributed by atoms with Crippen LogP contribution >= 0.6 is 22.9 Å². The molecule has 0 aromatic carbocycles. The molecule has 1 aliphatic heterocycles. The van der Waals surface area contributed by atoms with Gasteiger partial charge in [0.05, 0.1) is 11.5 Å². The van der Waals surface area contributed by atoms with Gasteiger partial charge < -0.3 is 10.0 Å². The van der Waals surface area contributed by atoms with Gasteiger partial charge in [0.2, 0.25) is 0 Å². The van der Waals surface area contributed by atoms with Gasteiger partial charge in [-0.05, 0) is 18.8 Å². The number of piperazine rings is 1. The van der Waals surface area contributed by atoms with Crippen molar-refractivity contribution < 1.29 is 5.11 Å². The molecule has 4 nitrogen and oxygen atoms in total. The monoisotopic (exact) mass is 287 g/mol. The number of aliphatic hydroxyl groups is 1. The van der Waals surface area contributed by atoms with E-state index in [4.69, 9.17) is 16.7 Å². The van der Waals surface area contributed by atoms with Crippen LogP contribution in [0.15, 0.2) is 0 Å². The Bertz CT molecular complexity index is 413. The molecule has 0 spiro atoms. The van der Waals surface area contributed by atoms with Crippen molar-refractivity contribution in [2.75, 3.05) is 37.6 Å². The molecule has 18 heavy (non-hydrogen) atoms. The highest BCUT2D eigenvalue weighted by Gasteiger charge is 2.27. The van der Waals surface area contributed by atoms with Gasteiger partial charge in [-0.1, -0.05) is 22.9 Å². The molecule has 0 atom stereocenters. The van der Waals surface area contributed by atoms with Gasteiger partial charge in [0.1, 0.15) is 5.15 Å². The number of thiazole rings is 1. The maximum atomic E-state index is 9.14. The number of aliphatic hydroxyl groups excluding tert-OH is 1. The van der Waals surface area contributed by atoms with Gasteiger partial charge in [0.15, 0.2) is 5.13 Å². The summed E-state index contributed by atoms with van der Waals surface area (Å²) in [6, 6.07) is 0. The van der Waals surface area contributed by atoms with E-state index in [0.29, 0.717) is 5.15 Å². The fraction of sp³-hybridized carbons (Fsp3) is 0.750. The summed E-state index contributed by atoms with van der Waals surface area (Å²) >= 11 is 7.48. The second-order valence-electron chi connectivity index (χ2n) is 5.10. The Balaban J connectivity index is 1.57. The van der Waals surface area contributed by atoms with Crippen molar-refractivity contribution in [2.45, 2.75) is 19.4 Å². The zero-order chi connectivity index (χ0) is 12.5. The number of nitrogens with zero attached hydrogens (tertiary/aromatic N) is 3. The number of aromatic nitrogens is 1. The predicted octanol–water partition coefficient (Wildman–Crippen LogP) is 1.82. The summed E-state index contributed by atoms with van der Waals surface area (Å²) in [4.78, 5) is 9.93. The van der Waals surface area contributed by atoms with E-state index in [1.54, 1.807) is 0 Å². The molecule has 0 unspecified atom stereocenters. The van der Waals surface area contributed by atoms with Crippen LogP contribution in [-0.2, 0) is 6.61 Å². The van der Waals surface area contributed by atoms with Crippen molar-refractivity contribution in [3.8, 4) is 0 Å². The minimum Gasteiger partial charge on any atom is -0.391 e. The summed E-state index contributed by atoms with van der Waals surface area (Å²) < 4.78 is 0. The first-order valence-electron chi connectivity index (χ1n) is 6.49. The predicted molar refractivity (Wildman–Crippen MR) is 74.4 cm³/mol. The Hall–Kier alpha value is -0.360. The number of halogens is 1. The van der Waals surface area contributed by atoms with E-state index in [2.05, 4.69) is 14.8 Å². The summed E-state index contributed by atoms with van der Waals surface area (Å²) in [7, 11) is 0. The first-order valence-corrected chi connectivity index (χ1v) is 7.69.